The smallest absolute Gasteiger partial charge is 0.179 e. The third-order valence-electron chi connectivity index (χ3n) is 4.54. The molecular weight excluding hydrogens is 268 g/mol. The third kappa shape index (κ3) is 2.43. The van der Waals surface area contributed by atoms with Crippen molar-refractivity contribution in [2.24, 2.45) is 13.0 Å². The maximum Gasteiger partial charge on any atom is 0.179 e. The van der Waals surface area contributed by atoms with Crippen LogP contribution in [0.1, 0.15) is 51.1 Å². The first kappa shape index (κ1) is 13.9. The van der Waals surface area contributed by atoms with E-state index in [4.69, 9.17) is 12.2 Å². The first-order valence-corrected chi connectivity index (χ1v) is 8.26. The summed E-state index contributed by atoms with van der Waals surface area (Å²) in [4.78, 5) is 3.37. The summed E-state index contributed by atoms with van der Waals surface area (Å²) in [6.45, 7) is 3.21. The summed E-state index contributed by atoms with van der Waals surface area (Å²) >= 11 is 5.52. The number of nitrogens with one attached hydrogen (secondary N) is 1. The first-order valence-electron chi connectivity index (χ1n) is 7.85. The summed E-state index contributed by atoms with van der Waals surface area (Å²) < 4.78 is 5.08. The van der Waals surface area contributed by atoms with Crippen molar-refractivity contribution in [2.45, 2.75) is 58.4 Å². The fourth-order valence-corrected chi connectivity index (χ4v) is 3.79. The van der Waals surface area contributed by atoms with Gasteiger partial charge in [0.2, 0.25) is 0 Å². The van der Waals surface area contributed by atoms with Gasteiger partial charge in [0.1, 0.15) is 5.52 Å². The lowest BCUT2D eigenvalue weighted by Gasteiger charge is -2.10. The topological polar surface area (TPSA) is 38.5 Å². The van der Waals surface area contributed by atoms with Gasteiger partial charge in [-0.1, -0.05) is 39.0 Å². The van der Waals surface area contributed by atoms with Gasteiger partial charge in [0.05, 0.1) is 5.69 Å². The predicted molar refractivity (Wildman–Crippen MR) is 84.5 cm³/mol. The predicted octanol–water partition coefficient (Wildman–Crippen LogP) is 3.97. The molecule has 0 radical (unpaired) electrons. The molecule has 1 N–H and O–H groups in total. The second-order valence-electron chi connectivity index (χ2n) is 6.04. The maximum absolute atomic E-state index is 5.52. The van der Waals surface area contributed by atoms with Crippen molar-refractivity contribution in [1.29, 1.82) is 0 Å². The summed E-state index contributed by atoms with van der Waals surface area (Å²) in [6, 6.07) is 0. The Morgan fingerprint density at radius 1 is 1.35 bits per heavy atom. The van der Waals surface area contributed by atoms with Crippen molar-refractivity contribution in [3.8, 4) is 0 Å². The maximum atomic E-state index is 5.52. The monoisotopic (exact) mass is 292 g/mol. The van der Waals surface area contributed by atoms with Gasteiger partial charge in [0.15, 0.2) is 10.4 Å². The SMILES string of the molecule is CCCc1nn(C)c2c1[nH]c(=S)n2CCC1CCCC1. The minimum atomic E-state index is 0.850. The molecule has 110 valence electrons. The lowest BCUT2D eigenvalue weighted by Crippen LogP contribution is -2.06. The molecular formula is C15H24N4S. The molecule has 2 heterocycles. The van der Waals surface area contributed by atoms with E-state index in [1.807, 2.05) is 11.7 Å². The number of H-pyrrole nitrogens is 1. The molecule has 1 saturated carbocycles. The van der Waals surface area contributed by atoms with Crippen LogP contribution >= 0.6 is 12.2 Å². The molecule has 1 fully saturated rings. The van der Waals surface area contributed by atoms with Crippen LogP contribution in [0.25, 0.3) is 11.2 Å². The highest BCUT2D eigenvalue weighted by atomic mass is 32.1. The molecule has 1 aliphatic rings. The van der Waals surface area contributed by atoms with Gasteiger partial charge in [-0.25, -0.2) is 0 Å². The summed E-state index contributed by atoms with van der Waals surface area (Å²) in [5.74, 6) is 0.894. The molecule has 0 amide bonds. The number of aryl methyl sites for hydroxylation is 3. The van der Waals surface area contributed by atoms with E-state index >= 15 is 0 Å². The van der Waals surface area contributed by atoms with E-state index < -0.39 is 0 Å². The standard InChI is InChI=1S/C15H24N4S/c1-3-6-12-13-14(18(2)17-12)19(15(20)16-13)10-9-11-7-4-5-8-11/h11H,3-10H2,1-2H3,(H,16,20). The minimum Gasteiger partial charge on any atom is -0.328 e. The molecule has 5 heteroatoms. The van der Waals surface area contributed by atoms with Crippen LogP contribution in [0.5, 0.6) is 0 Å². The first-order chi connectivity index (χ1) is 9.70. The number of hydrogen-bond donors (Lipinski definition) is 1. The van der Waals surface area contributed by atoms with Gasteiger partial charge >= 0.3 is 0 Å². The van der Waals surface area contributed by atoms with Gasteiger partial charge in [-0.05, 0) is 31.0 Å². The Kier molecular flexibility index (Phi) is 3.96. The van der Waals surface area contributed by atoms with Crippen LogP contribution in [0.4, 0.5) is 0 Å². The van der Waals surface area contributed by atoms with Crippen LogP contribution in [-0.2, 0) is 20.0 Å². The summed E-state index contributed by atoms with van der Waals surface area (Å²) in [5.41, 5.74) is 3.46. The second-order valence-corrected chi connectivity index (χ2v) is 6.43. The molecule has 0 spiro atoms. The molecule has 4 nitrogen and oxygen atoms in total. The highest BCUT2D eigenvalue weighted by Gasteiger charge is 2.18. The number of hydrogen-bond acceptors (Lipinski definition) is 2. The van der Waals surface area contributed by atoms with Crippen molar-refractivity contribution in [1.82, 2.24) is 19.3 Å². The second kappa shape index (κ2) is 5.72. The van der Waals surface area contributed by atoms with Crippen LogP contribution in [0.3, 0.4) is 0 Å². The Labute approximate surface area is 125 Å². The van der Waals surface area contributed by atoms with Crippen LogP contribution in [0.2, 0.25) is 0 Å². The zero-order valence-corrected chi connectivity index (χ0v) is 13.3. The largest absolute Gasteiger partial charge is 0.328 e. The van der Waals surface area contributed by atoms with Crippen LogP contribution in [-0.4, -0.2) is 19.3 Å². The van der Waals surface area contributed by atoms with Gasteiger partial charge in [-0.15, -0.1) is 0 Å². The lowest BCUT2D eigenvalue weighted by molar-refractivity contribution is 0.457. The fourth-order valence-electron chi connectivity index (χ4n) is 3.51. The van der Waals surface area contributed by atoms with E-state index in [0.717, 1.165) is 46.9 Å². The zero-order chi connectivity index (χ0) is 14.1. The summed E-state index contributed by atoms with van der Waals surface area (Å²) in [6.07, 6.45) is 8.97. The van der Waals surface area contributed by atoms with E-state index in [9.17, 15) is 0 Å². The number of imidazole rings is 1. The summed E-state index contributed by atoms with van der Waals surface area (Å²) in [5, 5.41) is 4.64. The number of nitrogens with zero attached hydrogens (tertiary/aromatic N) is 3. The molecule has 0 bridgehead atoms. The van der Waals surface area contributed by atoms with E-state index in [1.54, 1.807) is 0 Å². The average Bonchev–Trinajstić information content (AvgIpc) is 3.08. The van der Waals surface area contributed by atoms with Gasteiger partial charge in [0, 0.05) is 13.6 Å². The number of rotatable bonds is 5. The van der Waals surface area contributed by atoms with Crippen molar-refractivity contribution < 1.29 is 0 Å². The minimum absolute atomic E-state index is 0.850. The van der Waals surface area contributed by atoms with E-state index in [1.165, 1.54) is 32.1 Å². The average molecular weight is 292 g/mol. The molecule has 3 rings (SSSR count). The molecule has 2 aromatic heterocycles. The molecule has 0 aliphatic heterocycles. The van der Waals surface area contributed by atoms with Gasteiger partial charge < -0.3 is 9.55 Å². The van der Waals surface area contributed by atoms with E-state index in [0.29, 0.717) is 0 Å². The third-order valence-corrected chi connectivity index (χ3v) is 4.87. The molecule has 2 aromatic rings. The molecule has 20 heavy (non-hydrogen) atoms. The van der Waals surface area contributed by atoms with Crippen LogP contribution in [0.15, 0.2) is 0 Å². The Bertz CT molecular complexity index is 643. The lowest BCUT2D eigenvalue weighted by atomic mass is 10.0. The molecule has 0 saturated heterocycles. The molecule has 1 aliphatic carbocycles. The number of fused-ring (bicyclic) bond motifs is 1. The Morgan fingerprint density at radius 2 is 2.10 bits per heavy atom. The molecule has 0 atom stereocenters. The molecule has 0 unspecified atom stereocenters. The highest BCUT2D eigenvalue weighted by Crippen LogP contribution is 2.28. The fraction of sp³-hybridized carbons (Fsp3) is 0.733. The van der Waals surface area contributed by atoms with E-state index in [2.05, 4.69) is 21.6 Å². The van der Waals surface area contributed by atoms with Gasteiger partial charge in [-0.2, -0.15) is 5.10 Å². The van der Waals surface area contributed by atoms with Gasteiger partial charge in [-0.3, -0.25) is 4.68 Å². The van der Waals surface area contributed by atoms with Crippen molar-refractivity contribution in [3.63, 3.8) is 0 Å². The van der Waals surface area contributed by atoms with Crippen LogP contribution < -0.4 is 0 Å². The number of aromatic nitrogens is 4. The van der Waals surface area contributed by atoms with Crippen molar-refractivity contribution in [3.05, 3.63) is 10.5 Å². The highest BCUT2D eigenvalue weighted by molar-refractivity contribution is 7.71. The van der Waals surface area contributed by atoms with Crippen LogP contribution in [0, 0.1) is 10.7 Å². The van der Waals surface area contributed by atoms with Crippen molar-refractivity contribution in [2.75, 3.05) is 0 Å². The quantitative estimate of drug-likeness (QED) is 0.847. The van der Waals surface area contributed by atoms with Gasteiger partial charge in [0.25, 0.3) is 0 Å². The molecule has 0 aromatic carbocycles. The zero-order valence-electron chi connectivity index (χ0n) is 12.5. The Morgan fingerprint density at radius 3 is 2.80 bits per heavy atom. The normalized spacial score (nSPS) is 16.5. The van der Waals surface area contributed by atoms with E-state index in [-0.39, 0.29) is 0 Å². The van der Waals surface area contributed by atoms with Crippen molar-refractivity contribution >= 4 is 23.4 Å². The Hall–Kier alpha value is -1.10. The Balaban J connectivity index is 1.89. The summed E-state index contributed by atoms with van der Waals surface area (Å²) in [7, 11) is 2.02. The number of aromatic amines is 1.